The van der Waals surface area contributed by atoms with Gasteiger partial charge in [-0.25, -0.2) is 8.42 Å². The molecule has 6 nitrogen and oxygen atoms in total. The van der Waals surface area contributed by atoms with Crippen LogP contribution in [-0.4, -0.2) is 38.3 Å². The molecule has 0 saturated carbocycles. The van der Waals surface area contributed by atoms with E-state index in [0.29, 0.717) is 18.8 Å². The molecule has 2 rings (SSSR count). The van der Waals surface area contributed by atoms with Crippen molar-refractivity contribution in [3.05, 3.63) is 54.1 Å². The zero-order valence-corrected chi connectivity index (χ0v) is 16.8. The number of benzene rings is 2. The smallest absolute Gasteiger partial charge is 0.243 e. The highest BCUT2D eigenvalue weighted by Gasteiger charge is 2.21. The Morgan fingerprint density at radius 1 is 0.963 bits per heavy atom. The molecule has 0 aliphatic carbocycles. The van der Waals surface area contributed by atoms with Gasteiger partial charge in [-0.15, -0.1) is 0 Å². The Morgan fingerprint density at radius 2 is 1.63 bits per heavy atom. The molecule has 2 aromatic rings. The van der Waals surface area contributed by atoms with Crippen molar-refractivity contribution < 1.29 is 13.2 Å². The minimum atomic E-state index is -3.56. The van der Waals surface area contributed by atoms with Gasteiger partial charge in [-0.3, -0.25) is 4.79 Å². The van der Waals surface area contributed by atoms with Crippen molar-refractivity contribution in [3.8, 4) is 0 Å². The second kappa shape index (κ2) is 9.53. The molecule has 2 N–H and O–H groups in total. The maximum Gasteiger partial charge on any atom is 0.243 e. The lowest BCUT2D eigenvalue weighted by Gasteiger charge is -2.19. The number of hydrogen-bond donors (Lipinski definition) is 2. The summed E-state index contributed by atoms with van der Waals surface area (Å²) in [6.07, 6.45) is 0.966. The highest BCUT2D eigenvalue weighted by molar-refractivity contribution is 7.89. The number of hydrogen-bond acceptors (Lipinski definition) is 4. The van der Waals surface area contributed by atoms with E-state index in [-0.39, 0.29) is 17.3 Å². The Bertz CT molecular complexity index is 860. The number of nitrogens with zero attached hydrogens (tertiary/aromatic N) is 1. The third-order valence-corrected chi connectivity index (χ3v) is 6.32. The predicted molar refractivity (Wildman–Crippen MR) is 109 cm³/mol. The summed E-state index contributed by atoms with van der Waals surface area (Å²) < 4.78 is 26.6. The molecule has 7 heteroatoms. The van der Waals surface area contributed by atoms with E-state index in [2.05, 4.69) is 17.6 Å². The lowest BCUT2D eigenvalue weighted by molar-refractivity contribution is -0.114. The average molecular weight is 390 g/mol. The maximum atomic E-state index is 12.6. The first kappa shape index (κ1) is 20.9. The number of nitrogens with one attached hydrogen (secondary N) is 2. The van der Waals surface area contributed by atoms with Crippen LogP contribution in [0.2, 0.25) is 0 Å². The van der Waals surface area contributed by atoms with Crippen LogP contribution in [0, 0.1) is 0 Å². The third kappa shape index (κ3) is 5.55. The minimum absolute atomic E-state index is 0.0957. The number of carbonyl (C=O) groups is 1. The van der Waals surface area contributed by atoms with E-state index in [1.165, 1.54) is 22.0 Å². The highest BCUT2D eigenvalue weighted by atomic mass is 32.2. The summed E-state index contributed by atoms with van der Waals surface area (Å²) in [7, 11) is -3.56. The highest BCUT2D eigenvalue weighted by Crippen LogP contribution is 2.19. The summed E-state index contributed by atoms with van der Waals surface area (Å²) in [4.78, 5) is 12.4. The lowest BCUT2D eigenvalue weighted by atomic mass is 10.1. The molecule has 0 fully saturated rings. The quantitative estimate of drug-likeness (QED) is 0.689. The van der Waals surface area contributed by atoms with Crippen LogP contribution in [0.3, 0.4) is 0 Å². The van der Waals surface area contributed by atoms with Gasteiger partial charge in [0.2, 0.25) is 15.9 Å². The molecule has 0 aliphatic rings. The van der Waals surface area contributed by atoms with Gasteiger partial charge in [0, 0.05) is 24.5 Å². The Labute approximate surface area is 161 Å². The molecular formula is C20H27N3O3S. The van der Waals surface area contributed by atoms with Crippen LogP contribution in [-0.2, 0) is 21.2 Å². The molecule has 2 aromatic carbocycles. The van der Waals surface area contributed by atoms with E-state index < -0.39 is 10.0 Å². The molecule has 0 bridgehead atoms. The normalized spacial score (nSPS) is 11.4. The fraction of sp³-hybridized carbons (Fsp3) is 0.350. The summed E-state index contributed by atoms with van der Waals surface area (Å²) in [5.41, 5.74) is 2.55. The molecule has 27 heavy (non-hydrogen) atoms. The average Bonchev–Trinajstić information content (AvgIpc) is 2.67. The molecule has 1 amide bonds. The molecule has 0 spiro atoms. The van der Waals surface area contributed by atoms with Gasteiger partial charge in [-0.2, -0.15) is 4.31 Å². The summed E-state index contributed by atoms with van der Waals surface area (Å²) in [5, 5.41) is 5.80. The molecule has 146 valence electrons. The molecule has 0 atom stereocenters. The Morgan fingerprint density at radius 3 is 2.22 bits per heavy atom. The van der Waals surface area contributed by atoms with Gasteiger partial charge in [0.15, 0.2) is 0 Å². The van der Waals surface area contributed by atoms with Gasteiger partial charge < -0.3 is 10.6 Å². The van der Waals surface area contributed by atoms with Gasteiger partial charge in [-0.05, 0) is 42.3 Å². The largest absolute Gasteiger partial charge is 0.376 e. The summed E-state index contributed by atoms with van der Waals surface area (Å²) in [6.45, 7) is 6.58. The van der Waals surface area contributed by atoms with Crippen LogP contribution >= 0.6 is 0 Å². The Balaban J connectivity index is 2.01. The van der Waals surface area contributed by atoms with E-state index in [4.69, 9.17) is 0 Å². The van der Waals surface area contributed by atoms with Crippen molar-refractivity contribution in [1.29, 1.82) is 0 Å². The van der Waals surface area contributed by atoms with Crippen molar-refractivity contribution in [3.63, 3.8) is 0 Å². The second-order valence-electron chi connectivity index (χ2n) is 6.07. The van der Waals surface area contributed by atoms with Crippen LogP contribution in [0.25, 0.3) is 0 Å². The van der Waals surface area contributed by atoms with E-state index in [9.17, 15) is 13.2 Å². The van der Waals surface area contributed by atoms with E-state index >= 15 is 0 Å². The Hall–Kier alpha value is -2.38. The van der Waals surface area contributed by atoms with Crippen molar-refractivity contribution in [2.75, 3.05) is 30.3 Å². The number of sulfonamides is 1. The molecular weight excluding hydrogens is 362 g/mol. The third-order valence-electron chi connectivity index (χ3n) is 4.28. The van der Waals surface area contributed by atoms with E-state index in [1.807, 2.05) is 24.3 Å². The van der Waals surface area contributed by atoms with E-state index in [0.717, 1.165) is 12.1 Å². The zero-order chi connectivity index (χ0) is 19.9. The van der Waals surface area contributed by atoms with Gasteiger partial charge in [0.25, 0.3) is 0 Å². The van der Waals surface area contributed by atoms with Gasteiger partial charge >= 0.3 is 0 Å². The summed E-state index contributed by atoms with van der Waals surface area (Å²) >= 11 is 0. The van der Waals surface area contributed by atoms with Crippen LogP contribution in [0.15, 0.2) is 53.4 Å². The zero-order valence-electron chi connectivity index (χ0n) is 16.0. The van der Waals surface area contributed by atoms with Gasteiger partial charge in [0.1, 0.15) is 0 Å². The van der Waals surface area contributed by atoms with Gasteiger partial charge in [0.05, 0.1) is 11.4 Å². The van der Waals surface area contributed by atoms with Gasteiger partial charge in [-0.1, -0.05) is 39.0 Å². The van der Waals surface area contributed by atoms with Crippen molar-refractivity contribution >= 4 is 27.3 Å². The minimum Gasteiger partial charge on any atom is -0.376 e. The number of anilines is 2. The number of carbonyl (C=O) groups excluding carboxylic acids is 1. The van der Waals surface area contributed by atoms with Crippen molar-refractivity contribution in [2.45, 2.75) is 32.1 Å². The van der Waals surface area contributed by atoms with Crippen LogP contribution in [0.5, 0.6) is 0 Å². The molecule has 0 aliphatic heterocycles. The summed E-state index contributed by atoms with van der Waals surface area (Å²) in [5.74, 6) is -0.244. The lowest BCUT2D eigenvalue weighted by Crippen LogP contribution is -2.30. The van der Waals surface area contributed by atoms with Crippen molar-refractivity contribution in [2.24, 2.45) is 0 Å². The molecule has 0 heterocycles. The first-order valence-corrected chi connectivity index (χ1v) is 10.6. The standard InChI is InChI=1S/C20H27N3O3S/c1-4-16-10-12-17(13-11-16)21-15-20(24)22-18-8-7-9-19(14-18)27(25,26)23(5-2)6-3/h7-14,21H,4-6,15H2,1-3H3,(H,22,24). The molecule has 0 aromatic heterocycles. The fourth-order valence-electron chi connectivity index (χ4n) is 2.69. The molecule has 0 radical (unpaired) electrons. The first-order chi connectivity index (χ1) is 12.9. The topological polar surface area (TPSA) is 78.5 Å². The number of amides is 1. The van der Waals surface area contributed by atoms with E-state index in [1.54, 1.807) is 26.0 Å². The second-order valence-corrected chi connectivity index (χ2v) is 8.01. The summed E-state index contributed by atoms with van der Waals surface area (Å²) in [6, 6.07) is 14.2. The van der Waals surface area contributed by atoms with Crippen LogP contribution < -0.4 is 10.6 Å². The Kier molecular flexibility index (Phi) is 7.38. The first-order valence-electron chi connectivity index (χ1n) is 9.13. The van der Waals surface area contributed by atoms with Crippen molar-refractivity contribution in [1.82, 2.24) is 4.31 Å². The monoisotopic (exact) mass is 389 g/mol. The molecule has 0 saturated heterocycles. The SMILES string of the molecule is CCc1ccc(NCC(=O)Nc2cccc(S(=O)(=O)N(CC)CC)c2)cc1. The number of aryl methyl sites for hydroxylation is 1. The maximum absolute atomic E-state index is 12.6. The fourth-order valence-corrected chi connectivity index (χ4v) is 4.20. The molecule has 0 unspecified atom stereocenters. The predicted octanol–water partition coefficient (Wildman–Crippen LogP) is 3.33. The van der Waals surface area contributed by atoms with Crippen LogP contribution in [0.4, 0.5) is 11.4 Å². The van der Waals surface area contributed by atoms with Crippen LogP contribution in [0.1, 0.15) is 26.3 Å². The number of rotatable bonds is 9.